The van der Waals surface area contributed by atoms with Crippen LogP contribution in [-0.4, -0.2) is 38.5 Å². The Labute approximate surface area is 203 Å². The fourth-order valence-corrected chi connectivity index (χ4v) is 4.19. The highest BCUT2D eigenvalue weighted by atomic mass is 19.4. The van der Waals surface area contributed by atoms with Crippen molar-refractivity contribution in [1.82, 2.24) is 14.4 Å². The zero-order valence-electron chi connectivity index (χ0n) is 19.9. The van der Waals surface area contributed by atoms with Gasteiger partial charge in [0.2, 0.25) is 0 Å². The third kappa shape index (κ3) is 5.12. The van der Waals surface area contributed by atoms with Gasteiger partial charge in [0.05, 0.1) is 17.8 Å². The standard InChI is InChI=1S/C24H25F4N5O3/c1-13(30-20-17(22(35)36)9-15(25)11-29-20)16-8-14(24(26,27)28)12-33-19(34)10-18(31-21(16)33)32-6-4-23(2,3)5-7-32/h8-13H,4-7H2,1-3H3,(H,29,30)(H,35,36)/t13-/m1/s1. The van der Waals surface area contributed by atoms with E-state index in [0.717, 1.165) is 35.6 Å². The number of hydrogen-bond donors (Lipinski definition) is 2. The van der Waals surface area contributed by atoms with Crippen molar-refractivity contribution in [2.24, 2.45) is 5.41 Å². The molecule has 12 heteroatoms. The summed E-state index contributed by atoms with van der Waals surface area (Å²) in [7, 11) is 0. The molecule has 0 unspecified atom stereocenters. The SMILES string of the molecule is C[C@@H](Nc1ncc(F)cc1C(=O)O)c1cc(C(F)(F)F)cn2c(=O)cc(N3CCC(C)(C)CC3)nc12. The van der Waals surface area contributed by atoms with Crippen LogP contribution in [0.4, 0.5) is 29.2 Å². The van der Waals surface area contributed by atoms with Gasteiger partial charge < -0.3 is 15.3 Å². The third-order valence-corrected chi connectivity index (χ3v) is 6.45. The molecular formula is C24H25F4N5O3. The minimum atomic E-state index is -4.75. The van der Waals surface area contributed by atoms with Gasteiger partial charge in [-0.25, -0.2) is 19.2 Å². The summed E-state index contributed by atoms with van der Waals surface area (Å²) in [6, 6.07) is 1.87. The monoisotopic (exact) mass is 507 g/mol. The van der Waals surface area contributed by atoms with Gasteiger partial charge in [-0.1, -0.05) is 13.8 Å². The van der Waals surface area contributed by atoms with E-state index in [2.05, 4.69) is 29.1 Å². The molecule has 8 nitrogen and oxygen atoms in total. The number of pyridine rings is 2. The molecule has 0 bridgehead atoms. The van der Waals surface area contributed by atoms with Crippen molar-refractivity contribution < 1.29 is 27.5 Å². The number of fused-ring (bicyclic) bond motifs is 1. The van der Waals surface area contributed by atoms with Crippen LogP contribution in [0.25, 0.3) is 5.65 Å². The molecule has 0 aliphatic carbocycles. The maximum absolute atomic E-state index is 13.7. The Kier molecular flexibility index (Phi) is 6.40. The topological polar surface area (TPSA) is 99.8 Å². The van der Waals surface area contributed by atoms with Crippen LogP contribution < -0.4 is 15.8 Å². The molecule has 36 heavy (non-hydrogen) atoms. The van der Waals surface area contributed by atoms with Gasteiger partial charge in [-0.3, -0.25) is 9.20 Å². The zero-order valence-corrected chi connectivity index (χ0v) is 19.9. The average molecular weight is 507 g/mol. The van der Waals surface area contributed by atoms with Crippen molar-refractivity contribution in [1.29, 1.82) is 0 Å². The lowest BCUT2D eigenvalue weighted by molar-refractivity contribution is -0.137. The number of aromatic carboxylic acids is 1. The van der Waals surface area contributed by atoms with E-state index >= 15 is 0 Å². The second-order valence-corrected chi connectivity index (χ2v) is 9.70. The first-order valence-corrected chi connectivity index (χ1v) is 11.3. The van der Waals surface area contributed by atoms with Crippen molar-refractivity contribution in [2.75, 3.05) is 23.3 Å². The van der Waals surface area contributed by atoms with Crippen LogP contribution in [0.15, 0.2) is 35.4 Å². The number of aromatic nitrogens is 3. The van der Waals surface area contributed by atoms with Crippen molar-refractivity contribution >= 4 is 23.3 Å². The maximum atomic E-state index is 13.7. The molecule has 4 heterocycles. The number of anilines is 2. The van der Waals surface area contributed by atoms with Crippen LogP contribution in [0.5, 0.6) is 0 Å². The second kappa shape index (κ2) is 9.07. The third-order valence-electron chi connectivity index (χ3n) is 6.45. The van der Waals surface area contributed by atoms with E-state index in [-0.39, 0.29) is 22.4 Å². The Balaban J connectivity index is 1.83. The second-order valence-electron chi connectivity index (χ2n) is 9.70. The van der Waals surface area contributed by atoms with Crippen molar-refractivity contribution in [3.63, 3.8) is 0 Å². The Hall–Kier alpha value is -3.70. The summed E-state index contributed by atoms with van der Waals surface area (Å²) in [6.07, 6.45) is -1.53. The number of alkyl halides is 3. The molecule has 1 aliphatic heterocycles. The summed E-state index contributed by atoms with van der Waals surface area (Å²) in [5.41, 5.74) is -2.10. The Bertz CT molecular complexity index is 1380. The Morgan fingerprint density at radius 3 is 2.47 bits per heavy atom. The lowest BCUT2D eigenvalue weighted by Crippen LogP contribution is -2.38. The van der Waals surface area contributed by atoms with Crippen LogP contribution in [-0.2, 0) is 6.18 Å². The Morgan fingerprint density at radius 2 is 1.86 bits per heavy atom. The largest absolute Gasteiger partial charge is 0.478 e. The quantitative estimate of drug-likeness (QED) is 0.481. The first kappa shape index (κ1) is 25.4. The number of nitrogens with one attached hydrogen (secondary N) is 1. The van der Waals surface area contributed by atoms with Gasteiger partial charge in [0.1, 0.15) is 28.7 Å². The highest BCUT2D eigenvalue weighted by molar-refractivity contribution is 5.93. The van der Waals surface area contributed by atoms with E-state index in [4.69, 9.17) is 0 Å². The molecule has 0 spiro atoms. The number of carboxylic acid groups (broad SMARTS) is 1. The lowest BCUT2D eigenvalue weighted by atomic mass is 9.83. The van der Waals surface area contributed by atoms with Crippen LogP contribution in [0.1, 0.15) is 61.1 Å². The van der Waals surface area contributed by atoms with Crippen molar-refractivity contribution in [2.45, 2.75) is 45.8 Å². The highest BCUT2D eigenvalue weighted by Crippen LogP contribution is 2.34. The maximum Gasteiger partial charge on any atom is 0.417 e. The van der Waals surface area contributed by atoms with Gasteiger partial charge in [-0.2, -0.15) is 13.2 Å². The van der Waals surface area contributed by atoms with Crippen molar-refractivity contribution in [3.8, 4) is 0 Å². The van der Waals surface area contributed by atoms with E-state index in [9.17, 15) is 32.3 Å². The van der Waals surface area contributed by atoms with Gasteiger partial charge in [0, 0.05) is 30.9 Å². The van der Waals surface area contributed by atoms with Gasteiger partial charge in [-0.05, 0) is 37.3 Å². The van der Waals surface area contributed by atoms with E-state index in [1.54, 1.807) is 0 Å². The zero-order chi connectivity index (χ0) is 26.4. The predicted octanol–water partition coefficient (Wildman–Crippen LogP) is 4.75. The number of carbonyl (C=O) groups is 1. The minimum Gasteiger partial charge on any atom is -0.478 e. The van der Waals surface area contributed by atoms with Gasteiger partial charge >= 0.3 is 12.1 Å². The number of carboxylic acids is 1. The molecule has 3 aromatic heterocycles. The van der Waals surface area contributed by atoms with Crippen LogP contribution >= 0.6 is 0 Å². The Morgan fingerprint density at radius 1 is 1.19 bits per heavy atom. The predicted molar refractivity (Wildman–Crippen MR) is 125 cm³/mol. The number of nitrogens with zero attached hydrogens (tertiary/aromatic N) is 4. The number of hydrogen-bond acceptors (Lipinski definition) is 6. The normalized spacial score (nSPS) is 16.7. The fraction of sp³-hybridized carbons (Fsp3) is 0.417. The molecule has 1 fully saturated rings. The molecule has 0 aromatic carbocycles. The van der Waals surface area contributed by atoms with Gasteiger partial charge in [-0.15, -0.1) is 0 Å². The molecule has 3 aromatic rings. The van der Waals surface area contributed by atoms with Crippen LogP contribution in [0.3, 0.4) is 0 Å². The molecule has 0 amide bonds. The van der Waals surface area contributed by atoms with Crippen molar-refractivity contribution in [3.05, 3.63) is 63.5 Å². The molecule has 2 N–H and O–H groups in total. The molecule has 1 aliphatic rings. The summed E-state index contributed by atoms with van der Waals surface area (Å²) in [6.45, 7) is 7.05. The van der Waals surface area contributed by atoms with E-state index in [0.29, 0.717) is 25.1 Å². The molecule has 0 saturated carbocycles. The molecule has 4 rings (SSSR count). The van der Waals surface area contributed by atoms with Gasteiger partial charge in [0.25, 0.3) is 5.56 Å². The summed E-state index contributed by atoms with van der Waals surface area (Å²) in [4.78, 5) is 34.7. The molecule has 0 radical (unpaired) electrons. The molecular weight excluding hydrogens is 482 g/mol. The molecule has 192 valence electrons. The van der Waals surface area contributed by atoms with E-state index in [1.165, 1.54) is 13.0 Å². The lowest BCUT2D eigenvalue weighted by Gasteiger charge is -2.37. The van der Waals surface area contributed by atoms with E-state index in [1.807, 2.05) is 4.90 Å². The van der Waals surface area contributed by atoms with Gasteiger partial charge in [0.15, 0.2) is 0 Å². The summed E-state index contributed by atoms with van der Waals surface area (Å²) >= 11 is 0. The smallest absolute Gasteiger partial charge is 0.417 e. The molecule has 1 atom stereocenters. The highest BCUT2D eigenvalue weighted by Gasteiger charge is 2.33. The number of halogens is 4. The number of piperidine rings is 1. The van der Waals surface area contributed by atoms with E-state index < -0.39 is 40.7 Å². The average Bonchev–Trinajstić information content (AvgIpc) is 2.78. The summed E-state index contributed by atoms with van der Waals surface area (Å²) in [5, 5.41) is 12.1. The van der Waals surface area contributed by atoms with Crippen LogP contribution in [0.2, 0.25) is 0 Å². The van der Waals surface area contributed by atoms with Crippen LogP contribution in [0, 0.1) is 11.2 Å². The minimum absolute atomic E-state index is 0.00331. The molecule has 1 saturated heterocycles. The summed E-state index contributed by atoms with van der Waals surface area (Å²) < 4.78 is 55.4. The number of rotatable bonds is 5. The first-order valence-electron chi connectivity index (χ1n) is 11.3. The summed E-state index contributed by atoms with van der Waals surface area (Å²) in [5.74, 6) is -2.22. The fourth-order valence-electron chi connectivity index (χ4n) is 4.19. The first-order chi connectivity index (χ1) is 16.7.